The first-order valence-electron chi connectivity index (χ1n) is 3.08. The molecule has 0 aliphatic rings. The van der Waals surface area contributed by atoms with Gasteiger partial charge >= 0.3 is 0 Å². The van der Waals surface area contributed by atoms with Crippen molar-refractivity contribution in [2.24, 2.45) is 5.84 Å². The first-order valence-corrected chi connectivity index (χ1v) is 3.46. The fraction of sp³-hybridized carbons (Fsp3) is 0.143. The van der Waals surface area contributed by atoms with E-state index in [0.29, 0.717) is 16.5 Å². The molecule has 0 atom stereocenters. The van der Waals surface area contributed by atoms with E-state index in [2.05, 4.69) is 5.43 Å². The highest BCUT2D eigenvalue weighted by Gasteiger charge is 2.03. The number of benzene rings is 1. The van der Waals surface area contributed by atoms with Crippen molar-refractivity contribution < 1.29 is 4.74 Å². The van der Waals surface area contributed by atoms with Gasteiger partial charge in [-0.1, -0.05) is 17.7 Å². The Balaban J connectivity index is 0.00000121. The number of nitrogens with one attached hydrogen (secondary N) is 1. The van der Waals surface area contributed by atoms with Crippen molar-refractivity contribution in [2.45, 2.75) is 0 Å². The zero-order valence-corrected chi connectivity index (χ0v) is 8.08. The van der Waals surface area contributed by atoms with Crippen LogP contribution in [0.15, 0.2) is 18.2 Å². The monoisotopic (exact) mass is 208 g/mol. The Labute approximate surface area is 82.2 Å². The molecule has 0 fully saturated rings. The van der Waals surface area contributed by atoms with Gasteiger partial charge in [0.25, 0.3) is 0 Å². The number of rotatable bonds is 2. The maximum Gasteiger partial charge on any atom is 0.139 e. The lowest BCUT2D eigenvalue weighted by Gasteiger charge is -2.06. The molecular weight excluding hydrogens is 199 g/mol. The lowest BCUT2D eigenvalue weighted by molar-refractivity contribution is 0.415. The largest absolute Gasteiger partial charge is 0.495 e. The van der Waals surface area contributed by atoms with Gasteiger partial charge in [-0.2, -0.15) is 0 Å². The maximum absolute atomic E-state index is 5.84. The standard InChI is InChI=1S/C7H9ClN2O.ClH/c1-11-6-4-2-3-5(10-9)7(6)8;/h2-4,10H,9H2,1H3;1H. The SMILES string of the molecule is COc1cccc(NN)c1Cl.Cl. The van der Waals surface area contributed by atoms with Gasteiger partial charge in [0.2, 0.25) is 0 Å². The van der Waals surface area contributed by atoms with E-state index in [1.54, 1.807) is 25.3 Å². The van der Waals surface area contributed by atoms with Crippen molar-refractivity contribution in [1.82, 2.24) is 0 Å². The Kier molecular flexibility index (Phi) is 4.81. The van der Waals surface area contributed by atoms with E-state index in [1.807, 2.05) is 0 Å². The first kappa shape index (κ1) is 11.4. The minimum absolute atomic E-state index is 0. The zero-order chi connectivity index (χ0) is 8.27. The normalized spacial score (nSPS) is 8.58. The van der Waals surface area contributed by atoms with Crippen LogP contribution in [0.1, 0.15) is 0 Å². The predicted octanol–water partition coefficient (Wildman–Crippen LogP) is 2.06. The predicted molar refractivity (Wildman–Crippen MR) is 53.1 cm³/mol. The summed E-state index contributed by atoms with van der Waals surface area (Å²) in [5, 5.41) is 0.498. The van der Waals surface area contributed by atoms with Crippen LogP contribution in [-0.4, -0.2) is 7.11 Å². The van der Waals surface area contributed by atoms with Crippen LogP contribution >= 0.6 is 24.0 Å². The molecule has 1 aromatic rings. The molecule has 3 nitrogen and oxygen atoms in total. The Morgan fingerprint density at radius 3 is 2.67 bits per heavy atom. The minimum atomic E-state index is 0. The quantitative estimate of drug-likeness (QED) is 0.578. The van der Waals surface area contributed by atoms with Crippen molar-refractivity contribution in [3.8, 4) is 5.75 Å². The van der Waals surface area contributed by atoms with E-state index in [1.165, 1.54) is 0 Å². The summed E-state index contributed by atoms with van der Waals surface area (Å²) >= 11 is 5.84. The summed E-state index contributed by atoms with van der Waals surface area (Å²) in [5.41, 5.74) is 3.12. The lowest BCUT2D eigenvalue weighted by Crippen LogP contribution is -2.07. The number of hydrazine groups is 1. The van der Waals surface area contributed by atoms with Gasteiger partial charge in [0.05, 0.1) is 12.8 Å². The first-order chi connectivity index (χ1) is 5.29. The van der Waals surface area contributed by atoms with Crippen molar-refractivity contribution in [3.63, 3.8) is 0 Å². The molecule has 0 unspecified atom stereocenters. The van der Waals surface area contributed by atoms with E-state index in [9.17, 15) is 0 Å². The van der Waals surface area contributed by atoms with E-state index < -0.39 is 0 Å². The highest BCUT2D eigenvalue weighted by atomic mass is 35.5. The summed E-state index contributed by atoms with van der Waals surface area (Å²) in [7, 11) is 1.56. The Hall–Kier alpha value is -0.640. The number of hydrogen-bond acceptors (Lipinski definition) is 3. The summed E-state index contributed by atoms with van der Waals surface area (Å²) in [5.74, 6) is 5.80. The van der Waals surface area contributed by atoms with Gasteiger partial charge in [0, 0.05) is 0 Å². The van der Waals surface area contributed by atoms with Gasteiger partial charge in [0.1, 0.15) is 10.8 Å². The molecule has 0 bridgehead atoms. The molecule has 0 radical (unpaired) electrons. The van der Waals surface area contributed by atoms with Crippen molar-refractivity contribution in [3.05, 3.63) is 23.2 Å². The van der Waals surface area contributed by atoms with Crippen LogP contribution in [0.5, 0.6) is 5.75 Å². The molecule has 0 amide bonds. The Morgan fingerprint density at radius 2 is 2.17 bits per heavy atom. The molecule has 1 rings (SSSR count). The summed E-state index contributed by atoms with van der Waals surface area (Å²) in [6, 6.07) is 5.34. The van der Waals surface area contributed by atoms with Gasteiger partial charge < -0.3 is 10.2 Å². The second-order valence-electron chi connectivity index (χ2n) is 1.97. The van der Waals surface area contributed by atoms with Crippen LogP contribution in [0.4, 0.5) is 5.69 Å². The van der Waals surface area contributed by atoms with Crippen LogP contribution < -0.4 is 16.0 Å². The average molecular weight is 209 g/mol. The molecule has 12 heavy (non-hydrogen) atoms. The summed E-state index contributed by atoms with van der Waals surface area (Å²) in [4.78, 5) is 0. The zero-order valence-electron chi connectivity index (χ0n) is 6.50. The minimum Gasteiger partial charge on any atom is -0.495 e. The third kappa shape index (κ3) is 2.17. The second kappa shape index (κ2) is 5.09. The number of ether oxygens (including phenoxy) is 1. The molecule has 0 aliphatic carbocycles. The molecule has 1 aromatic carbocycles. The fourth-order valence-corrected chi connectivity index (χ4v) is 1.04. The summed E-state index contributed by atoms with van der Waals surface area (Å²) in [6.45, 7) is 0. The number of methoxy groups -OCH3 is 1. The van der Waals surface area contributed by atoms with E-state index in [-0.39, 0.29) is 12.4 Å². The van der Waals surface area contributed by atoms with Crippen LogP contribution in [0, 0.1) is 0 Å². The second-order valence-corrected chi connectivity index (χ2v) is 2.34. The van der Waals surface area contributed by atoms with Crippen LogP contribution in [0.2, 0.25) is 5.02 Å². The molecule has 3 N–H and O–H groups in total. The van der Waals surface area contributed by atoms with Gasteiger partial charge in [-0.15, -0.1) is 12.4 Å². The number of nitrogens with two attached hydrogens (primary N) is 1. The van der Waals surface area contributed by atoms with Gasteiger partial charge in [-0.3, -0.25) is 5.84 Å². The summed E-state index contributed by atoms with van der Waals surface area (Å²) in [6.07, 6.45) is 0. The Morgan fingerprint density at radius 1 is 1.50 bits per heavy atom. The highest BCUT2D eigenvalue weighted by Crippen LogP contribution is 2.30. The van der Waals surface area contributed by atoms with Crippen molar-refractivity contribution in [1.29, 1.82) is 0 Å². The van der Waals surface area contributed by atoms with Crippen LogP contribution in [0.3, 0.4) is 0 Å². The van der Waals surface area contributed by atoms with E-state index in [4.69, 9.17) is 22.2 Å². The van der Waals surface area contributed by atoms with E-state index in [0.717, 1.165) is 0 Å². The Bertz CT molecular complexity index is 233. The van der Waals surface area contributed by atoms with Crippen molar-refractivity contribution in [2.75, 3.05) is 12.5 Å². The van der Waals surface area contributed by atoms with Gasteiger partial charge in [-0.25, -0.2) is 0 Å². The lowest BCUT2D eigenvalue weighted by atomic mass is 10.3. The number of anilines is 1. The molecular formula is C7H10Cl2N2O. The molecule has 0 aliphatic heterocycles. The molecule has 0 heterocycles. The molecule has 0 spiro atoms. The number of nitrogen functional groups attached to an aromatic ring is 1. The van der Waals surface area contributed by atoms with Gasteiger partial charge in [-0.05, 0) is 12.1 Å². The third-order valence-electron chi connectivity index (χ3n) is 1.34. The van der Waals surface area contributed by atoms with Crippen LogP contribution in [-0.2, 0) is 0 Å². The fourth-order valence-electron chi connectivity index (χ4n) is 0.780. The molecule has 0 saturated carbocycles. The summed E-state index contributed by atoms with van der Waals surface area (Å²) < 4.78 is 4.96. The molecule has 5 heteroatoms. The molecule has 0 saturated heterocycles. The van der Waals surface area contributed by atoms with Crippen LogP contribution in [0.25, 0.3) is 0 Å². The van der Waals surface area contributed by atoms with Crippen molar-refractivity contribution >= 4 is 29.7 Å². The number of halogens is 2. The number of hydrogen-bond donors (Lipinski definition) is 2. The van der Waals surface area contributed by atoms with Gasteiger partial charge in [0.15, 0.2) is 0 Å². The third-order valence-corrected chi connectivity index (χ3v) is 1.73. The van der Waals surface area contributed by atoms with E-state index >= 15 is 0 Å². The topological polar surface area (TPSA) is 47.3 Å². The highest BCUT2D eigenvalue weighted by molar-refractivity contribution is 6.34. The molecule has 68 valence electrons. The maximum atomic E-state index is 5.84. The molecule has 0 aromatic heterocycles. The smallest absolute Gasteiger partial charge is 0.139 e. The average Bonchev–Trinajstić information content (AvgIpc) is 2.05.